The van der Waals surface area contributed by atoms with Crippen molar-refractivity contribution in [3.05, 3.63) is 46.3 Å². The molecule has 28 heavy (non-hydrogen) atoms. The molecule has 2 aliphatic rings. The van der Waals surface area contributed by atoms with E-state index in [-0.39, 0.29) is 17.4 Å². The lowest BCUT2D eigenvalue weighted by Crippen LogP contribution is -2.52. The third-order valence-corrected chi connectivity index (χ3v) is 5.60. The molecule has 0 radical (unpaired) electrons. The number of piperidine rings is 1. The van der Waals surface area contributed by atoms with Gasteiger partial charge in [0.15, 0.2) is 0 Å². The number of nitrogens with zero attached hydrogens (tertiary/aromatic N) is 3. The number of carbonyl (C=O) groups is 2. The second-order valence-corrected chi connectivity index (χ2v) is 7.50. The summed E-state index contributed by atoms with van der Waals surface area (Å²) >= 11 is 0. The molecule has 2 fully saturated rings. The smallest absolute Gasteiger partial charge is 0.349 e. The Morgan fingerprint density at radius 2 is 1.61 bits per heavy atom. The van der Waals surface area contributed by atoms with E-state index in [1.54, 1.807) is 23.1 Å². The summed E-state index contributed by atoms with van der Waals surface area (Å²) < 4.78 is 5.28. The number of para-hydroxylation sites is 1. The standard InChI is InChI=1S/C21H25N3O4/c25-19(23-8-4-1-5-9-23)15-22-10-12-24(13-11-22)20(26)17-14-16-6-2-3-7-18(16)28-21(17)27/h2-3,6-7,14H,1,4-5,8-13,15H2. The molecule has 0 spiro atoms. The number of amides is 2. The second kappa shape index (κ2) is 8.14. The predicted molar refractivity (Wildman–Crippen MR) is 105 cm³/mol. The highest BCUT2D eigenvalue weighted by Gasteiger charge is 2.27. The van der Waals surface area contributed by atoms with Crippen LogP contribution in [0.5, 0.6) is 0 Å². The first-order valence-electron chi connectivity index (χ1n) is 9.94. The van der Waals surface area contributed by atoms with Gasteiger partial charge in [-0.2, -0.15) is 0 Å². The molecular formula is C21H25N3O4. The number of benzene rings is 1. The van der Waals surface area contributed by atoms with Gasteiger partial charge < -0.3 is 14.2 Å². The highest BCUT2D eigenvalue weighted by Crippen LogP contribution is 2.15. The Morgan fingerprint density at radius 3 is 2.36 bits per heavy atom. The molecule has 0 bridgehead atoms. The fourth-order valence-electron chi connectivity index (χ4n) is 3.93. The quantitative estimate of drug-likeness (QED) is 0.752. The van der Waals surface area contributed by atoms with Crippen LogP contribution in [0.25, 0.3) is 11.0 Å². The van der Waals surface area contributed by atoms with E-state index >= 15 is 0 Å². The lowest BCUT2D eigenvalue weighted by Gasteiger charge is -2.36. The van der Waals surface area contributed by atoms with E-state index in [1.165, 1.54) is 6.42 Å². The molecule has 2 aliphatic heterocycles. The van der Waals surface area contributed by atoms with Crippen LogP contribution in [0.4, 0.5) is 0 Å². The van der Waals surface area contributed by atoms with Crippen LogP contribution in [0.3, 0.4) is 0 Å². The maximum atomic E-state index is 12.8. The number of rotatable bonds is 3. The van der Waals surface area contributed by atoms with Crippen molar-refractivity contribution in [3.63, 3.8) is 0 Å². The molecule has 7 nitrogen and oxygen atoms in total. The van der Waals surface area contributed by atoms with E-state index < -0.39 is 5.63 Å². The van der Waals surface area contributed by atoms with Crippen molar-refractivity contribution >= 4 is 22.8 Å². The summed E-state index contributed by atoms with van der Waals surface area (Å²) in [6, 6.07) is 8.77. The van der Waals surface area contributed by atoms with Gasteiger partial charge in [0.1, 0.15) is 11.1 Å². The highest BCUT2D eigenvalue weighted by molar-refractivity contribution is 5.96. The molecular weight excluding hydrogens is 358 g/mol. The summed E-state index contributed by atoms with van der Waals surface area (Å²) in [5.74, 6) is -0.129. The van der Waals surface area contributed by atoms with E-state index in [2.05, 4.69) is 4.90 Å². The molecule has 4 rings (SSSR count). The average Bonchev–Trinajstić information content (AvgIpc) is 2.74. The Labute approximate surface area is 163 Å². The van der Waals surface area contributed by atoms with Crippen LogP contribution < -0.4 is 5.63 Å². The number of carbonyl (C=O) groups excluding carboxylic acids is 2. The molecule has 2 amide bonds. The fraction of sp³-hybridized carbons (Fsp3) is 0.476. The summed E-state index contributed by atoms with van der Waals surface area (Å²) in [6.07, 6.45) is 3.37. The Hall–Kier alpha value is -2.67. The highest BCUT2D eigenvalue weighted by atomic mass is 16.4. The van der Waals surface area contributed by atoms with Crippen molar-refractivity contribution in [1.29, 1.82) is 0 Å². The number of hydrogen-bond donors (Lipinski definition) is 0. The van der Waals surface area contributed by atoms with Crippen molar-refractivity contribution in [2.24, 2.45) is 0 Å². The SMILES string of the molecule is O=C(CN1CCN(C(=O)c2cc3ccccc3oc2=O)CC1)N1CCCCC1. The maximum absolute atomic E-state index is 12.8. The molecule has 2 saturated heterocycles. The van der Waals surface area contributed by atoms with E-state index in [0.29, 0.717) is 38.3 Å². The van der Waals surface area contributed by atoms with Crippen LogP contribution >= 0.6 is 0 Å². The van der Waals surface area contributed by atoms with Crippen LogP contribution in [0.1, 0.15) is 29.6 Å². The molecule has 0 atom stereocenters. The average molecular weight is 383 g/mol. The van der Waals surface area contributed by atoms with E-state index in [4.69, 9.17) is 4.42 Å². The van der Waals surface area contributed by atoms with Crippen LogP contribution in [0, 0.1) is 0 Å². The summed E-state index contributed by atoms with van der Waals surface area (Å²) in [5, 5.41) is 0.733. The predicted octanol–water partition coefficient (Wildman–Crippen LogP) is 1.56. The first-order chi connectivity index (χ1) is 13.6. The van der Waals surface area contributed by atoms with Crippen LogP contribution in [0.15, 0.2) is 39.5 Å². The Bertz CT molecular complexity index is 925. The zero-order valence-corrected chi connectivity index (χ0v) is 15.9. The van der Waals surface area contributed by atoms with Crippen LogP contribution in [-0.4, -0.2) is 72.3 Å². The summed E-state index contributed by atoms with van der Waals surface area (Å²) in [5.41, 5.74) is -0.0620. The third-order valence-electron chi connectivity index (χ3n) is 5.60. The lowest BCUT2D eigenvalue weighted by atomic mass is 10.1. The zero-order chi connectivity index (χ0) is 19.5. The third kappa shape index (κ3) is 3.94. The molecule has 7 heteroatoms. The Balaban J connectivity index is 1.37. The summed E-state index contributed by atoms with van der Waals surface area (Å²) in [4.78, 5) is 43.2. The van der Waals surface area contributed by atoms with Crippen molar-refractivity contribution in [2.45, 2.75) is 19.3 Å². The van der Waals surface area contributed by atoms with E-state index in [0.717, 1.165) is 31.3 Å². The molecule has 1 aromatic heterocycles. The Morgan fingerprint density at radius 1 is 0.893 bits per heavy atom. The minimum atomic E-state index is -0.605. The molecule has 0 unspecified atom stereocenters. The molecule has 1 aromatic carbocycles. The van der Waals surface area contributed by atoms with Gasteiger partial charge in [-0.05, 0) is 31.4 Å². The van der Waals surface area contributed by atoms with Gasteiger partial charge in [-0.3, -0.25) is 14.5 Å². The van der Waals surface area contributed by atoms with Crippen molar-refractivity contribution in [3.8, 4) is 0 Å². The largest absolute Gasteiger partial charge is 0.422 e. The fourth-order valence-corrected chi connectivity index (χ4v) is 3.93. The first kappa shape index (κ1) is 18.7. The number of piperazine rings is 1. The number of likely N-dealkylation sites (tertiary alicyclic amines) is 1. The topological polar surface area (TPSA) is 74.1 Å². The molecule has 0 N–H and O–H groups in total. The van der Waals surface area contributed by atoms with Gasteiger partial charge in [0.25, 0.3) is 5.91 Å². The molecule has 2 aromatic rings. The van der Waals surface area contributed by atoms with Gasteiger partial charge in [-0.25, -0.2) is 4.79 Å². The number of fused-ring (bicyclic) bond motifs is 1. The van der Waals surface area contributed by atoms with Crippen molar-refractivity contribution in [2.75, 3.05) is 45.8 Å². The minimum absolute atomic E-state index is 0.0662. The van der Waals surface area contributed by atoms with E-state index in [1.807, 2.05) is 17.0 Å². The molecule has 148 valence electrons. The molecule has 0 aliphatic carbocycles. The van der Waals surface area contributed by atoms with Crippen molar-refractivity contribution < 1.29 is 14.0 Å². The minimum Gasteiger partial charge on any atom is -0.422 e. The van der Waals surface area contributed by atoms with Gasteiger partial charge in [0, 0.05) is 44.7 Å². The monoisotopic (exact) mass is 383 g/mol. The Kier molecular flexibility index (Phi) is 5.43. The number of hydrogen-bond acceptors (Lipinski definition) is 5. The maximum Gasteiger partial charge on any atom is 0.349 e. The van der Waals surface area contributed by atoms with Crippen LogP contribution in [-0.2, 0) is 4.79 Å². The van der Waals surface area contributed by atoms with Crippen LogP contribution in [0.2, 0.25) is 0 Å². The van der Waals surface area contributed by atoms with Gasteiger partial charge in [-0.1, -0.05) is 18.2 Å². The molecule has 0 saturated carbocycles. The molecule has 3 heterocycles. The zero-order valence-electron chi connectivity index (χ0n) is 15.9. The normalized spacial score (nSPS) is 18.4. The van der Waals surface area contributed by atoms with Crippen molar-refractivity contribution in [1.82, 2.24) is 14.7 Å². The van der Waals surface area contributed by atoms with Gasteiger partial charge >= 0.3 is 5.63 Å². The summed E-state index contributed by atoms with van der Waals surface area (Å²) in [6.45, 7) is 4.37. The lowest BCUT2D eigenvalue weighted by molar-refractivity contribution is -0.133. The van der Waals surface area contributed by atoms with E-state index in [9.17, 15) is 14.4 Å². The van der Waals surface area contributed by atoms with Gasteiger partial charge in [0.2, 0.25) is 5.91 Å². The van der Waals surface area contributed by atoms with Gasteiger partial charge in [-0.15, -0.1) is 0 Å². The first-order valence-corrected chi connectivity index (χ1v) is 9.94. The second-order valence-electron chi connectivity index (χ2n) is 7.50. The van der Waals surface area contributed by atoms with Gasteiger partial charge in [0.05, 0.1) is 6.54 Å². The summed E-state index contributed by atoms with van der Waals surface area (Å²) in [7, 11) is 0.